The molecule has 0 unspecified atom stereocenters. The third-order valence-electron chi connectivity index (χ3n) is 1.36. The molecule has 0 saturated heterocycles. The van der Waals surface area contributed by atoms with E-state index in [4.69, 9.17) is 4.74 Å². The van der Waals surface area contributed by atoms with E-state index in [-0.39, 0.29) is 4.68 Å². The van der Waals surface area contributed by atoms with Gasteiger partial charge in [0.2, 0.25) is 0 Å². The Morgan fingerprint density at radius 2 is 1.92 bits per heavy atom. The predicted octanol–water partition coefficient (Wildman–Crippen LogP) is 0.921. The van der Waals surface area contributed by atoms with Gasteiger partial charge in [-0.2, -0.15) is 0 Å². The van der Waals surface area contributed by atoms with Gasteiger partial charge in [-0.05, 0) is 0 Å². The molecule has 3 nitrogen and oxygen atoms in total. The first-order valence-corrected chi connectivity index (χ1v) is 4.45. The summed E-state index contributed by atoms with van der Waals surface area (Å²) in [6.07, 6.45) is 0. The number of benzene rings is 1. The van der Waals surface area contributed by atoms with E-state index in [2.05, 4.69) is 16.0 Å². The molecule has 4 heteroatoms. The Morgan fingerprint density at radius 3 is 2.46 bits per heavy atom. The summed E-state index contributed by atoms with van der Waals surface area (Å²) in [4.78, 5) is 21.6. The van der Waals surface area contributed by atoms with Crippen molar-refractivity contribution in [2.24, 2.45) is 0 Å². The number of hydrogen-bond donors (Lipinski definition) is 0. The van der Waals surface area contributed by atoms with Crippen LogP contribution in [0.3, 0.4) is 0 Å². The van der Waals surface area contributed by atoms with Crippen LogP contribution in [0.25, 0.3) is 0 Å². The zero-order valence-electron chi connectivity index (χ0n) is 6.94. The minimum absolute atomic E-state index is 0.239. The number of ether oxygens (including phenoxy) is 1. The van der Waals surface area contributed by atoms with Crippen molar-refractivity contribution in [3.63, 3.8) is 0 Å². The molecule has 0 N–H and O–H groups in total. The molecule has 0 aliphatic carbocycles. The summed E-state index contributed by atoms with van der Waals surface area (Å²) in [7, 11) is 0. The van der Waals surface area contributed by atoms with E-state index in [0.29, 0.717) is 11.3 Å². The van der Waals surface area contributed by atoms with Crippen LogP contribution in [-0.2, 0) is 4.79 Å². The topological polar surface area (TPSA) is 43.4 Å². The molecule has 0 amide bonds. The van der Waals surface area contributed by atoms with Crippen LogP contribution >= 0.6 is 0 Å². The molecule has 1 aromatic rings. The number of hydrogen-bond acceptors (Lipinski definition) is 3. The molecule has 0 fully saturated rings. The van der Waals surface area contributed by atoms with Crippen molar-refractivity contribution in [2.75, 3.05) is 0 Å². The van der Waals surface area contributed by atoms with Crippen LogP contribution in [0, 0.1) is 0 Å². The molecule has 0 aliphatic rings. The summed E-state index contributed by atoms with van der Waals surface area (Å²) in [6, 6.07) is 6.57. The molecule has 0 saturated carbocycles. The maximum absolute atomic E-state index is 11.0. The zero-order valence-corrected chi connectivity index (χ0v) is 8.66. The SMILES string of the molecule is CC(=O)Oc1ccccc1C(=O)[Se-]. The molecular weight excluding hydrogens is 235 g/mol. The maximum atomic E-state index is 11.0. The Hall–Kier alpha value is -1.12. The van der Waals surface area contributed by atoms with Crippen molar-refractivity contribution in [3.8, 4) is 5.75 Å². The summed E-state index contributed by atoms with van der Waals surface area (Å²) in [6.45, 7) is 1.29. The number of rotatable bonds is 2. The van der Waals surface area contributed by atoms with Crippen LogP contribution in [-0.4, -0.2) is 26.7 Å². The van der Waals surface area contributed by atoms with Crippen LogP contribution in [0.5, 0.6) is 5.75 Å². The van der Waals surface area contributed by atoms with Crippen molar-refractivity contribution in [2.45, 2.75) is 6.92 Å². The second kappa shape index (κ2) is 4.21. The van der Waals surface area contributed by atoms with Gasteiger partial charge in [0, 0.05) is 0 Å². The number of para-hydroxylation sites is 1. The summed E-state index contributed by atoms with van der Waals surface area (Å²) >= 11 is 2.34. The van der Waals surface area contributed by atoms with E-state index in [1.165, 1.54) is 6.92 Å². The number of carbonyl (C=O) groups excluding carboxylic acids is 2. The molecule has 0 radical (unpaired) electrons. The molecular formula is C9H7O3Se-. The Balaban J connectivity index is 3.04. The Bertz CT molecular complexity index is 346. The van der Waals surface area contributed by atoms with Gasteiger partial charge in [-0.1, -0.05) is 0 Å². The van der Waals surface area contributed by atoms with E-state index in [9.17, 15) is 9.59 Å². The Kier molecular flexibility index (Phi) is 3.23. The van der Waals surface area contributed by atoms with E-state index in [0.717, 1.165) is 0 Å². The summed E-state index contributed by atoms with van der Waals surface area (Å²) in [5.41, 5.74) is 0.373. The van der Waals surface area contributed by atoms with E-state index < -0.39 is 5.97 Å². The normalized spacial score (nSPS) is 9.31. The monoisotopic (exact) mass is 243 g/mol. The van der Waals surface area contributed by atoms with Gasteiger partial charge in [-0.15, -0.1) is 0 Å². The molecule has 0 spiro atoms. The summed E-state index contributed by atoms with van der Waals surface area (Å²) < 4.78 is 4.59. The van der Waals surface area contributed by atoms with Crippen molar-refractivity contribution in [1.82, 2.24) is 0 Å². The fourth-order valence-electron chi connectivity index (χ4n) is 0.879. The van der Waals surface area contributed by atoms with Gasteiger partial charge < -0.3 is 0 Å². The first-order valence-electron chi connectivity index (χ1n) is 3.60. The van der Waals surface area contributed by atoms with Gasteiger partial charge in [0.1, 0.15) is 0 Å². The molecule has 0 bridgehead atoms. The molecule has 0 heterocycles. The molecule has 1 aromatic carbocycles. The van der Waals surface area contributed by atoms with E-state index in [1.807, 2.05) is 0 Å². The second-order valence-electron chi connectivity index (χ2n) is 2.38. The predicted molar refractivity (Wildman–Crippen MR) is 47.8 cm³/mol. The van der Waals surface area contributed by atoms with Crippen LogP contribution in [0.15, 0.2) is 24.3 Å². The Labute approximate surface area is 83.9 Å². The van der Waals surface area contributed by atoms with Gasteiger partial charge in [-0.25, -0.2) is 0 Å². The minimum atomic E-state index is -0.436. The molecule has 0 aromatic heterocycles. The quantitative estimate of drug-likeness (QED) is 0.440. The van der Waals surface area contributed by atoms with Gasteiger partial charge in [0.15, 0.2) is 0 Å². The third kappa shape index (κ3) is 2.68. The average molecular weight is 242 g/mol. The van der Waals surface area contributed by atoms with Crippen LogP contribution in [0.4, 0.5) is 0 Å². The van der Waals surface area contributed by atoms with Gasteiger partial charge in [-0.3, -0.25) is 0 Å². The number of esters is 1. The molecule has 0 atom stereocenters. The van der Waals surface area contributed by atoms with E-state index >= 15 is 0 Å². The van der Waals surface area contributed by atoms with Crippen LogP contribution < -0.4 is 4.74 Å². The first-order chi connectivity index (χ1) is 6.11. The third-order valence-corrected chi connectivity index (χ3v) is 1.82. The molecule has 13 heavy (non-hydrogen) atoms. The van der Waals surface area contributed by atoms with E-state index in [1.54, 1.807) is 24.3 Å². The fourth-order valence-corrected chi connectivity index (χ4v) is 1.23. The number of carbonyl (C=O) groups is 2. The van der Waals surface area contributed by atoms with Gasteiger partial charge >= 0.3 is 83.5 Å². The van der Waals surface area contributed by atoms with Crippen LogP contribution in [0.1, 0.15) is 17.3 Å². The Morgan fingerprint density at radius 1 is 1.31 bits per heavy atom. The average Bonchev–Trinajstić information content (AvgIpc) is 2.03. The van der Waals surface area contributed by atoms with Crippen molar-refractivity contribution in [1.29, 1.82) is 0 Å². The van der Waals surface area contributed by atoms with Gasteiger partial charge in [0.25, 0.3) is 0 Å². The summed E-state index contributed by atoms with van der Waals surface area (Å²) in [5.74, 6) is -0.146. The second-order valence-corrected chi connectivity index (χ2v) is 3.16. The molecule has 0 aliphatic heterocycles. The summed E-state index contributed by atoms with van der Waals surface area (Å²) in [5, 5.41) is 0. The zero-order chi connectivity index (χ0) is 9.84. The van der Waals surface area contributed by atoms with Gasteiger partial charge in [0.05, 0.1) is 0 Å². The molecule has 68 valence electrons. The fraction of sp³-hybridized carbons (Fsp3) is 0.111. The van der Waals surface area contributed by atoms with Crippen LogP contribution in [0.2, 0.25) is 0 Å². The standard InChI is InChI=1S/C9H8O3Se/c1-6(10)12-8-5-3-2-4-7(8)9(11)13/h2-5H,1H3,(H,11,13)/p-1. The first kappa shape index (κ1) is 9.96. The van der Waals surface area contributed by atoms with Crippen molar-refractivity contribution in [3.05, 3.63) is 29.8 Å². The van der Waals surface area contributed by atoms with Crippen molar-refractivity contribution < 1.29 is 14.3 Å². The van der Waals surface area contributed by atoms with Crippen molar-refractivity contribution >= 4 is 26.7 Å². The molecule has 1 rings (SSSR count).